The van der Waals surface area contributed by atoms with Crippen molar-refractivity contribution in [1.82, 2.24) is 9.55 Å². The third-order valence-corrected chi connectivity index (χ3v) is 2.41. The van der Waals surface area contributed by atoms with Gasteiger partial charge >= 0.3 is 5.69 Å². The van der Waals surface area contributed by atoms with Crippen LogP contribution in [0.5, 0.6) is 0 Å². The molecule has 1 rings (SSSR count). The largest absolute Gasteiger partial charge is 0.394 e. The quantitative estimate of drug-likeness (QED) is 0.657. The molecule has 0 radical (unpaired) electrons. The lowest BCUT2D eigenvalue weighted by molar-refractivity contribution is -0.0596. The first-order valence-corrected chi connectivity index (χ1v) is 6.30. The number of rotatable bonds is 8. The predicted octanol–water partition coefficient (Wildman–Crippen LogP) is -0.00170. The summed E-state index contributed by atoms with van der Waals surface area (Å²) in [5, 5.41) is 8.60. The van der Waals surface area contributed by atoms with Gasteiger partial charge in [0.2, 0.25) is 5.82 Å². The van der Waals surface area contributed by atoms with Crippen molar-refractivity contribution in [3.63, 3.8) is 0 Å². The molecule has 0 spiro atoms. The second-order valence-electron chi connectivity index (χ2n) is 4.41. The van der Waals surface area contributed by atoms with Gasteiger partial charge in [-0.05, 0) is 13.8 Å². The topological polar surface area (TPSA) is 93.5 Å². The lowest BCUT2D eigenvalue weighted by Crippen LogP contribution is -2.35. The van der Waals surface area contributed by atoms with Crippen molar-refractivity contribution < 1.29 is 19.0 Å². The van der Waals surface area contributed by atoms with E-state index in [1.54, 1.807) is 13.8 Å². The zero-order chi connectivity index (χ0) is 15.1. The van der Waals surface area contributed by atoms with Gasteiger partial charge in [-0.15, -0.1) is 0 Å². The van der Waals surface area contributed by atoms with E-state index in [1.165, 1.54) is 0 Å². The number of nitrogens with zero attached hydrogens (tertiary/aromatic N) is 1. The summed E-state index contributed by atoms with van der Waals surface area (Å²) in [7, 11) is 0. The van der Waals surface area contributed by atoms with Crippen LogP contribution in [0.2, 0.25) is 0 Å². The Balaban J connectivity index is 2.89. The van der Waals surface area contributed by atoms with E-state index in [2.05, 4.69) is 0 Å². The first-order chi connectivity index (χ1) is 9.45. The minimum absolute atomic E-state index is 0.108. The molecule has 7 nitrogen and oxygen atoms in total. The minimum Gasteiger partial charge on any atom is -0.394 e. The standard InChI is InChI=1S/C12H19FN2O5/c1-8(2)20-10(3-5-19-6-4-16)15-7-9(13)11(17)14-12(15)18/h7-8,10,16H,3-6H2,1-2H3,(H,14,17,18)/t10-/m1/s1. The number of halogens is 1. The molecule has 0 aromatic carbocycles. The lowest BCUT2D eigenvalue weighted by Gasteiger charge is -2.22. The van der Waals surface area contributed by atoms with Crippen LogP contribution in [0.15, 0.2) is 15.8 Å². The Morgan fingerprint density at radius 1 is 1.40 bits per heavy atom. The molecule has 0 saturated heterocycles. The molecule has 1 heterocycles. The second kappa shape index (κ2) is 7.93. The number of H-pyrrole nitrogens is 1. The van der Waals surface area contributed by atoms with Crippen molar-refractivity contribution in [2.75, 3.05) is 19.8 Å². The highest BCUT2D eigenvalue weighted by molar-refractivity contribution is 4.88. The molecule has 0 aliphatic heterocycles. The molecule has 0 fully saturated rings. The number of aromatic nitrogens is 2. The predicted molar refractivity (Wildman–Crippen MR) is 69.1 cm³/mol. The van der Waals surface area contributed by atoms with Gasteiger partial charge in [-0.1, -0.05) is 0 Å². The summed E-state index contributed by atoms with van der Waals surface area (Å²) in [6.07, 6.45) is 0.149. The van der Waals surface area contributed by atoms with Gasteiger partial charge in [-0.2, -0.15) is 4.39 Å². The number of aliphatic hydroxyl groups excluding tert-OH is 1. The molecular formula is C12H19FN2O5. The molecule has 0 bridgehead atoms. The summed E-state index contributed by atoms with van der Waals surface area (Å²) in [5.74, 6) is -1.06. The van der Waals surface area contributed by atoms with Crippen molar-refractivity contribution in [3.05, 3.63) is 32.9 Å². The molecule has 1 aromatic rings. The molecule has 1 aromatic heterocycles. The fourth-order valence-corrected chi connectivity index (χ4v) is 1.61. The summed E-state index contributed by atoms with van der Waals surface area (Å²) in [4.78, 5) is 24.6. The van der Waals surface area contributed by atoms with Crippen molar-refractivity contribution in [2.45, 2.75) is 32.6 Å². The van der Waals surface area contributed by atoms with Crippen LogP contribution in [-0.4, -0.2) is 40.6 Å². The van der Waals surface area contributed by atoms with Gasteiger partial charge in [-0.3, -0.25) is 14.3 Å². The van der Waals surface area contributed by atoms with Crippen LogP contribution in [-0.2, 0) is 9.47 Å². The van der Waals surface area contributed by atoms with E-state index in [4.69, 9.17) is 14.6 Å². The molecule has 8 heteroatoms. The van der Waals surface area contributed by atoms with Crippen LogP contribution >= 0.6 is 0 Å². The molecule has 20 heavy (non-hydrogen) atoms. The summed E-state index contributed by atoms with van der Waals surface area (Å²) in [6, 6.07) is 0. The first-order valence-electron chi connectivity index (χ1n) is 6.30. The fraction of sp³-hybridized carbons (Fsp3) is 0.667. The van der Waals surface area contributed by atoms with Gasteiger partial charge in [0.25, 0.3) is 5.56 Å². The van der Waals surface area contributed by atoms with Crippen molar-refractivity contribution in [2.24, 2.45) is 0 Å². The van der Waals surface area contributed by atoms with Crippen LogP contribution in [0.3, 0.4) is 0 Å². The number of nitrogens with one attached hydrogen (secondary N) is 1. The van der Waals surface area contributed by atoms with Crippen molar-refractivity contribution in [1.29, 1.82) is 0 Å². The molecule has 1 atom stereocenters. The number of aromatic amines is 1. The average molecular weight is 290 g/mol. The molecule has 114 valence electrons. The average Bonchev–Trinajstić information content (AvgIpc) is 2.37. The van der Waals surface area contributed by atoms with E-state index in [1.807, 2.05) is 4.98 Å². The van der Waals surface area contributed by atoms with E-state index in [-0.39, 0.29) is 32.3 Å². The summed E-state index contributed by atoms with van der Waals surface area (Å²) < 4.78 is 24.9. The van der Waals surface area contributed by atoms with Crippen LogP contribution in [0.1, 0.15) is 26.5 Å². The van der Waals surface area contributed by atoms with Gasteiger partial charge in [0.1, 0.15) is 6.23 Å². The van der Waals surface area contributed by atoms with Crippen LogP contribution in [0.4, 0.5) is 4.39 Å². The second-order valence-corrected chi connectivity index (χ2v) is 4.41. The highest BCUT2D eigenvalue weighted by Gasteiger charge is 2.16. The van der Waals surface area contributed by atoms with E-state index < -0.39 is 23.3 Å². The Morgan fingerprint density at radius 3 is 2.70 bits per heavy atom. The Bertz CT molecular complexity index is 525. The van der Waals surface area contributed by atoms with E-state index in [0.29, 0.717) is 0 Å². The number of hydrogen-bond acceptors (Lipinski definition) is 5. The van der Waals surface area contributed by atoms with Crippen molar-refractivity contribution in [3.8, 4) is 0 Å². The maximum absolute atomic E-state index is 13.3. The molecule has 0 unspecified atom stereocenters. The molecule has 0 amide bonds. The summed E-state index contributed by atoms with van der Waals surface area (Å²) in [5.41, 5.74) is -1.81. The third-order valence-electron chi connectivity index (χ3n) is 2.41. The molecule has 2 N–H and O–H groups in total. The number of ether oxygens (including phenoxy) is 2. The molecule has 0 aliphatic carbocycles. The Labute approximate surface area is 115 Å². The smallest absolute Gasteiger partial charge is 0.330 e. The van der Waals surface area contributed by atoms with E-state index in [0.717, 1.165) is 10.8 Å². The van der Waals surface area contributed by atoms with Gasteiger partial charge in [0.15, 0.2) is 0 Å². The molecule has 0 saturated carbocycles. The maximum Gasteiger partial charge on any atom is 0.330 e. The zero-order valence-electron chi connectivity index (χ0n) is 11.5. The van der Waals surface area contributed by atoms with Gasteiger partial charge in [0, 0.05) is 6.42 Å². The summed E-state index contributed by atoms with van der Waals surface area (Å²) in [6.45, 7) is 3.83. The SMILES string of the molecule is CC(C)O[C@H](CCOCCO)n1cc(F)c(=O)[nH]c1=O. The number of hydrogen-bond donors (Lipinski definition) is 2. The Morgan fingerprint density at radius 2 is 2.10 bits per heavy atom. The molecule has 0 aliphatic rings. The fourth-order valence-electron chi connectivity index (χ4n) is 1.61. The van der Waals surface area contributed by atoms with Gasteiger partial charge in [0.05, 0.1) is 32.1 Å². The van der Waals surface area contributed by atoms with Crippen LogP contribution in [0, 0.1) is 5.82 Å². The zero-order valence-corrected chi connectivity index (χ0v) is 11.5. The number of aliphatic hydroxyl groups is 1. The van der Waals surface area contributed by atoms with Crippen LogP contribution in [0.25, 0.3) is 0 Å². The van der Waals surface area contributed by atoms with Crippen molar-refractivity contribution >= 4 is 0 Å². The maximum atomic E-state index is 13.3. The highest BCUT2D eigenvalue weighted by atomic mass is 19.1. The molecular weight excluding hydrogens is 271 g/mol. The normalized spacial score (nSPS) is 12.8. The minimum atomic E-state index is -1.06. The monoisotopic (exact) mass is 290 g/mol. The van der Waals surface area contributed by atoms with Gasteiger partial charge < -0.3 is 14.6 Å². The van der Waals surface area contributed by atoms with E-state index in [9.17, 15) is 14.0 Å². The lowest BCUT2D eigenvalue weighted by atomic mass is 10.3. The summed E-state index contributed by atoms with van der Waals surface area (Å²) >= 11 is 0. The highest BCUT2D eigenvalue weighted by Crippen LogP contribution is 2.13. The Hall–Kier alpha value is -1.51. The van der Waals surface area contributed by atoms with Gasteiger partial charge in [-0.25, -0.2) is 4.79 Å². The third kappa shape index (κ3) is 4.87. The van der Waals surface area contributed by atoms with Crippen LogP contribution < -0.4 is 11.2 Å². The Kier molecular flexibility index (Phi) is 6.56. The van der Waals surface area contributed by atoms with E-state index >= 15 is 0 Å². The first kappa shape index (κ1) is 16.5.